The van der Waals surface area contributed by atoms with Crippen molar-refractivity contribution in [3.63, 3.8) is 0 Å². The molecule has 0 unspecified atom stereocenters. The Hall–Kier alpha value is -1.98. The van der Waals surface area contributed by atoms with Crippen molar-refractivity contribution in [2.75, 3.05) is 34.3 Å². The fourth-order valence-corrected chi connectivity index (χ4v) is 1.38. The second-order valence-electron chi connectivity index (χ2n) is 4.10. The Balaban J connectivity index is 2.78. The third-order valence-corrected chi connectivity index (χ3v) is 2.19. The lowest BCUT2D eigenvalue weighted by Crippen LogP contribution is -2.27. The molecule has 0 spiro atoms. The van der Waals surface area contributed by atoms with E-state index in [-0.39, 0.29) is 0 Å². The number of hydrogen-bond acceptors (Lipinski definition) is 5. The van der Waals surface area contributed by atoms with E-state index in [1.54, 1.807) is 39.2 Å². The number of ether oxygens (including phenoxy) is 2. The average Bonchev–Trinajstić information content (AvgIpc) is 2.28. The van der Waals surface area contributed by atoms with Gasteiger partial charge in [-0.05, 0) is 13.0 Å². The number of carbonyl (C=O) groups is 2. The van der Waals surface area contributed by atoms with Crippen LogP contribution < -0.4 is 0 Å². The van der Waals surface area contributed by atoms with Crippen molar-refractivity contribution in [1.29, 1.82) is 0 Å². The van der Waals surface area contributed by atoms with Crippen LogP contribution in [0.15, 0.2) is 23.6 Å². The first-order valence-corrected chi connectivity index (χ1v) is 5.63. The monoisotopic (exact) mass is 254 g/mol. The van der Waals surface area contributed by atoms with Crippen LogP contribution in [0.1, 0.15) is 6.92 Å². The number of hydrogen-bond donors (Lipinski definition) is 0. The predicted molar refractivity (Wildman–Crippen MR) is 65.6 cm³/mol. The number of amides is 1. The summed E-state index contributed by atoms with van der Waals surface area (Å²) in [6.45, 7) is 2.49. The van der Waals surface area contributed by atoms with Crippen molar-refractivity contribution in [2.24, 2.45) is 0 Å². The van der Waals surface area contributed by atoms with Crippen LogP contribution in [-0.2, 0) is 14.3 Å². The number of esters is 1. The summed E-state index contributed by atoms with van der Waals surface area (Å²) < 4.78 is 10.0. The van der Waals surface area contributed by atoms with Crippen molar-refractivity contribution >= 4 is 12.1 Å². The van der Waals surface area contributed by atoms with Gasteiger partial charge in [0.2, 0.25) is 0 Å². The van der Waals surface area contributed by atoms with E-state index in [1.807, 2.05) is 0 Å². The minimum Gasteiger partial charge on any atom is -0.463 e. The molecule has 1 aliphatic rings. The summed E-state index contributed by atoms with van der Waals surface area (Å²) >= 11 is 0. The zero-order chi connectivity index (χ0) is 13.7. The van der Waals surface area contributed by atoms with E-state index in [0.717, 1.165) is 0 Å². The molecule has 0 bridgehead atoms. The van der Waals surface area contributed by atoms with E-state index in [4.69, 9.17) is 9.47 Å². The van der Waals surface area contributed by atoms with E-state index in [0.29, 0.717) is 24.5 Å². The maximum absolute atomic E-state index is 11.6. The Morgan fingerprint density at radius 2 is 2.11 bits per heavy atom. The summed E-state index contributed by atoms with van der Waals surface area (Å²) in [6.07, 6.45) is 2.69. The molecule has 0 radical (unpaired) electrons. The molecule has 0 saturated heterocycles. The van der Waals surface area contributed by atoms with Gasteiger partial charge in [0.25, 0.3) is 0 Å². The third kappa shape index (κ3) is 3.80. The molecule has 0 saturated carbocycles. The minimum absolute atomic E-state index is 0.316. The molecule has 1 amide bonds. The first-order chi connectivity index (χ1) is 8.43. The van der Waals surface area contributed by atoms with E-state index < -0.39 is 12.1 Å². The SMILES string of the molecule is CCOC(=O)C1=CC(OC(=O)N(C)C)=CN(C)C1. The Morgan fingerprint density at radius 3 is 2.67 bits per heavy atom. The van der Waals surface area contributed by atoms with Crippen LogP contribution in [0.3, 0.4) is 0 Å². The Labute approximate surface area is 106 Å². The smallest absolute Gasteiger partial charge is 0.414 e. The summed E-state index contributed by atoms with van der Waals surface area (Å²) in [7, 11) is 4.96. The maximum Gasteiger partial charge on any atom is 0.414 e. The van der Waals surface area contributed by atoms with Crippen molar-refractivity contribution in [2.45, 2.75) is 6.92 Å². The van der Waals surface area contributed by atoms with Gasteiger partial charge < -0.3 is 19.3 Å². The molecule has 6 heteroatoms. The topological polar surface area (TPSA) is 59.1 Å². The number of rotatable bonds is 3. The van der Waals surface area contributed by atoms with Crippen LogP contribution in [0.2, 0.25) is 0 Å². The Morgan fingerprint density at radius 1 is 1.44 bits per heavy atom. The van der Waals surface area contributed by atoms with Gasteiger partial charge in [-0.2, -0.15) is 0 Å². The molecule has 1 heterocycles. The highest BCUT2D eigenvalue weighted by Gasteiger charge is 2.19. The first-order valence-electron chi connectivity index (χ1n) is 5.63. The van der Waals surface area contributed by atoms with Crippen LogP contribution in [0, 0.1) is 0 Å². The number of carbonyl (C=O) groups excluding carboxylic acids is 2. The Kier molecular flexibility index (Phi) is 4.76. The molecule has 0 fully saturated rings. The summed E-state index contributed by atoms with van der Waals surface area (Å²) in [5.74, 6) is -0.0682. The lowest BCUT2D eigenvalue weighted by molar-refractivity contribution is -0.138. The quantitative estimate of drug-likeness (QED) is 0.702. The van der Waals surface area contributed by atoms with Crippen LogP contribution in [0.25, 0.3) is 0 Å². The molecule has 0 N–H and O–H groups in total. The highest BCUT2D eigenvalue weighted by atomic mass is 16.6. The Bertz CT molecular complexity index is 399. The van der Waals surface area contributed by atoms with Gasteiger partial charge in [0.15, 0.2) is 0 Å². The van der Waals surface area contributed by atoms with Gasteiger partial charge in [-0.25, -0.2) is 9.59 Å². The highest BCUT2D eigenvalue weighted by molar-refractivity contribution is 5.90. The normalized spacial score (nSPS) is 14.6. The van der Waals surface area contributed by atoms with Gasteiger partial charge in [-0.1, -0.05) is 0 Å². The van der Waals surface area contributed by atoms with E-state index in [2.05, 4.69) is 0 Å². The van der Waals surface area contributed by atoms with Crippen molar-refractivity contribution in [1.82, 2.24) is 9.80 Å². The molecule has 1 rings (SSSR count). The number of nitrogens with zero attached hydrogens (tertiary/aromatic N) is 2. The standard InChI is InChI=1S/C12H18N2O4/c1-5-17-11(15)9-6-10(8-14(4)7-9)18-12(16)13(2)3/h6,8H,5,7H2,1-4H3. The predicted octanol–water partition coefficient (Wildman–Crippen LogP) is 0.961. The molecule has 0 aromatic rings. The lowest BCUT2D eigenvalue weighted by atomic mass is 10.2. The van der Waals surface area contributed by atoms with E-state index >= 15 is 0 Å². The first kappa shape index (κ1) is 14.1. The molecular formula is C12H18N2O4. The number of allylic oxidation sites excluding steroid dienone is 1. The van der Waals surface area contributed by atoms with Crippen molar-refractivity contribution in [3.8, 4) is 0 Å². The highest BCUT2D eigenvalue weighted by Crippen LogP contribution is 2.15. The van der Waals surface area contributed by atoms with Gasteiger partial charge in [0.1, 0.15) is 5.76 Å². The van der Waals surface area contributed by atoms with Crippen LogP contribution in [0.4, 0.5) is 4.79 Å². The van der Waals surface area contributed by atoms with Crippen LogP contribution >= 0.6 is 0 Å². The van der Waals surface area contributed by atoms with Crippen LogP contribution in [-0.4, -0.2) is 56.2 Å². The van der Waals surface area contributed by atoms with E-state index in [1.165, 1.54) is 11.0 Å². The molecule has 6 nitrogen and oxygen atoms in total. The molecular weight excluding hydrogens is 236 g/mol. The largest absolute Gasteiger partial charge is 0.463 e. The zero-order valence-electron chi connectivity index (χ0n) is 11.1. The van der Waals surface area contributed by atoms with Crippen molar-refractivity contribution in [3.05, 3.63) is 23.6 Å². The second-order valence-corrected chi connectivity index (χ2v) is 4.10. The molecule has 0 aromatic carbocycles. The third-order valence-electron chi connectivity index (χ3n) is 2.19. The fraction of sp³-hybridized carbons (Fsp3) is 0.500. The molecule has 18 heavy (non-hydrogen) atoms. The molecule has 0 atom stereocenters. The molecule has 0 aromatic heterocycles. The zero-order valence-corrected chi connectivity index (χ0v) is 11.1. The van der Waals surface area contributed by atoms with Gasteiger partial charge in [0, 0.05) is 33.9 Å². The van der Waals surface area contributed by atoms with E-state index in [9.17, 15) is 9.59 Å². The fourth-order valence-electron chi connectivity index (χ4n) is 1.38. The summed E-state index contributed by atoms with van der Waals surface area (Å²) in [5, 5.41) is 0. The minimum atomic E-state index is -0.490. The summed E-state index contributed by atoms with van der Waals surface area (Å²) in [6, 6.07) is 0. The maximum atomic E-state index is 11.6. The molecule has 100 valence electrons. The number of likely N-dealkylation sites (N-methyl/N-ethyl adjacent to an activating group) is 1. The second kappa shape index (κ2) is 6.09. The van der Waals surface area contributed by atoms with Crippen molar-refractivity contribution < 1.29 is 19.1 Å². The lowest BCUT2D eigenvalue weighted by Gasteiger charge is -2.22. The average molecular weight is 254 g/mol. The molecule has 0 aliphatic carbocycles. The molecule has 1 aliphatic heterocycles. The van der Waals surface area contributed by atoms with Crippen LogP contribution in [0.5, 0.6) is 0 Å². The summed E-state index contributed by atoms with van der Waals surface area (Å²) in [4.78, 5) is 26.1. The summed E-state index contributed by atoms with van der Waals surface area (Å²) in [5.41, 5.74) is 0.461. The van der Waals surface area contributed by atoms with Gasteiger partial charge >= 0.3 is 12.1 Å². The van der Waals surface area contributed by atoms with Gasteiger partial charge in [-0.15, -0.1) is 0 Å². The van der Waals surface area contributed by atoms with Gasteiger partial charge in [-0.3, -0.25) is 0 Å². The van der Waals surface area contributed by atoms with Gasteiger partial charge in [0.05, 0.1) is 12.2 Å².